The third kappa shape index (κ3) is 8.11. The standard InChI is InChI=1S/C28H34O15/c29-12-20-25(41-21(35)6-3-13-1-4-15(30)17(32)9-13)24(37)26(42-22-11-19(34)23(36)27(38)43-22)28(40-20)39-8-7-14-2-5-16(31)18(33)10-14/h1-6,9-10,19-20,22-34,36-38H,7-8,11-12H2/t19-,20+,22+,23+,24-,25+,26+,27+,28+/m0/s1. The van der Waals surface area contributed by atoms with E-state index in [9.17, 15) is 50.8 Å². The first kappa shape index (κ1) is 32.4. The van der Waals surface area contributed by atoms with Crippen LogP contribution in [0.4, 0.5) is 0 Å². The van der Waals surface area contributed by atoms with Crippen molar-refractivity contribution < 1.29 is 74.4 Å². The number of aliphatic hydroxyl groups is 5. The van der Waals surface area contributed by atoms with E-state index in [2.05, 4.69) is 0 Å². The smallest absolute Gasteiger partial charge is 0.331 e. The Labute approximate surface area is 245 Å². The summed E-state index contributed by atoms with van der Waals surface area (Å²) in [5.41, 5.74) is 0.927. The SMILES string of the molecule is O=C(C=Cc1ccc(O)c(O)c1)O[C@H]1[C@H](O)[C@@H](O[C@H]2C[C@H](O)[C@@H](O)[C@H](O)O2)[C@H](OCCc2ccc(O)c(O)c2)O[C@@H]1CO. The highest BCUT2D eigenvalue weighted by molar-refractivity contribution is 5.87. The Morgan fingerprint density at radius 2 is 1.58 bits per heavy atom. The molecule has 9 atom stereocenters. The van der Waals surface area contributed by atoms with E-state index in [0.29, 0.717) is 11.1 Å². The van der Waals surface area contributed by atoms with Crippen molar-refractivity contribution in [2.24, 2.45) is 0 Å². The summed E-state index contributed by atoms with van der Waals surface area (Å²) in [7, 11) is 0. The maximum atomic E-state index is 12.6. The van der Waals surface area contributed by atoms with Crippen LogP contribution in [-0.2, 0) is 34.9 Å². The molecule has 15 heteroatoms. The maximum Gasteiger partial charge on any atom is 0.331 e. The largest absolute Gasteiger partial charge is 0.504 e. The molecule has 0 aromatic heterocycles. The first-order chi connectivity index (χ1) is 20.5. The summed E-state index contributed by atoms with van der Waals surface area (Å²) < 4.78 is 27.9. The van der Waals surface area contributed by atoms with E-state index in [4.69, 9.17) is 23.7 Å². The molecule has 2 saturated heterocycles. The second kappa shape index (κ2) is 14.3. The van der Waals surface area contributed by atoms with Crippen LogP contribution in [0.15, 0.2) is 42.5 Å². The molecule has 0 aliphatic carbocycles. The molecule has 0 spiro atoms. The predicted octanol–water partition coefficient (Wildman–Crippen LogP) is -1.06. The lowest BCUT2D eigenvalue weighted by molar-refractivity contribution is -0.365. The molecular formula is C28H34O15. The molecule has 2 fully saturated rings. The number of phenols is 4. The maximum absolute atomic E-state index is 12.6. The molecule has 43 heavy (non-hydrogen) atoms. The van der Waals surface area contributed by atoms with Gasteiger partial charge in [-0.05, 0) is 47.9 Å². The summed E-state index contributed by atoms with van der Waals surface area (Å²) in [4.78, 5) is 12.6. The minimum atomic E-state index is -1.81. The number of hydrogen-bond acceptors (Lipinski definition) is 15. The lowest BCUT2D eigenvalue weighted by atomic mass is 9.98. The van der Waals surface area contributed by atoms with Crippen molar-refractivity contribution in [1.29, 1.82) is 0 Å². The van der Waals surface area contributed by atoms with Gasteiger partial charge in [-0.3, -0.25) is 0 Å². The van der Waals surface area contributed by atoms with Crippen LogP contribution in [0.5, 0.6) is 23.0 Å². The normalized spacial score (nSPS) is 31.2. The van der Waals surface area contributed by atoms with Crippen molar-refractivity contribution in [3.8, 4) is 23.0 Å². The number of phenolic OH excluding ortho intramolecular Hbond substituents is 4. The van der Waals surface area contributed by atoms with Crippen LogP contribution in [-0.4, -0.2) is 121 Å². The van der Waals surface area contributed by atoms with Gasteiger partial charge in [-0.2, -0.15) is 0 Å². The highest BCUT2D eigenvalue weighted by Crippen LogP contribution is 2.31. The highest BCUT2D eigenvalue weighted by Gasteiger charge is 2.50. The van der Waals surface area contributed by atoms with Crippen molar-refractivity contribution in [1.82, 2.24) is 0 Å². The number of rotatable bonds is 10. The lowest BCUT2D eigenvalue weighted by Crippen LogP contribution is -2.62. The van der Waals surface area contributed by atoms with Gasteiger partial charge in [0.15, 0.2) is 48.0 Å². The van der Waals surface area contributed by atoms with Gasteiger partial charge in [0.1, 0.15) is 24.4 Å². The average Bonchev–Trinajstić information content (AvgIpc) is 2.97. The molecule has 2 aromatic rings. The van der Waals surface area contributed by atoms with Crippen LogP contribution in [0, 0.1) is 0 Å². The van der Waals surface area contributed by atoms with Crippen LogP contribution in [0.1, 0.15) is 17.5 Å². The second-order valence-electron chi connectivity index (χ2n) is 9.99. The zero-order valence-electron chi connectivity index (χ0n) is 22.6. The minimum absolute atomic E-state index is 0.0677. The Morgan fingerprint density at radius 1 is 0.884 bits per heavy atom. The number of aromatic hydroxyl groups is 4. The zero-order valence-corrected chi connectivity index (χ0v) is 22.6. The number of esters is 1. The first-order valence-corrected chi connectivity index (χ1v) is 13.3. The Morgan fingerprint density at radius 3 is 2.23 bits per heavy atom. The van der Waals surface area contributed by atoms with Crippen LogP contribution in [0.3, 0.4) is 0 Å². The molecule has 15 nitrogen and oxygen atoms in total. The van der Waals surface area contributed by atoms with Crippen molar-refractivity contribution in [2.75, 3.05) is 13.2 Å². The van der Waals surface area contributed by atoms with Gasteiger partial charge in [0.25, 0.3) is 0 Å². The molecule has 0 bridgehead atoms. The van der Waals surface area contributed by atoms with Gasteiger partial charge in [0.05, 0.1) is 19.3 Å². The Bertz CT molecular complexity index is 1260. The van der Waals surface area contributed by atoms with Crippen molar-refractivity contribution in [3.05, 3.63) is 53.6 Å². The Hall–Kier alpha value is -3.51. The summed E-state index contributed by atoms with van der Waals surface area (Å²) in [6, 6.07) is 8.00. The van der Waals surface area contributed by atoms with Crippen LogP contribution in [0.25, 0.3) is 6.08 Å². The number of ether oxygens (including phenoxy) is 5. The fraction of sp³-hybridized carbons (Fsp3) is 0.464. The monoisotopic (exact) mass is 610 g/mol. The molecule has 4 rings (SSSR count). The first-order valence-electron chi connectivity index (χ1n) is 13.3. The van der Waals surface area contributed by atoms with Gasteiger partial charge in [0, 0.05) is 12.5 Å². The van der Waals surface area contributed by atoms with Gasteiger partial charge >= 0.3 is 5.97 Å². The van der Waals surface area contributed by atoms with Crippen molar-refractivity contribution >= 4 is 12.0 Å². The molecule has 0 unspecified atom stereocenters. The lowest BCUT2D eigenvalue weighted by Gasteiger charge is -2.45. The molecule has 0 radical (unpaired) electrons. The van der Waals surface area contributed by atoms with Gasteiger partial charge in [-0.25, -0.2) is 4.79 Å². The van der Waals surface area contributed by atoms with Crippen molar-refractivity contribution in [2.45, 2.75) is 68.3 Å². The quantitative estimate of drug-likeness (QED) is 0.0884. The molecule has 236 valence electrons. The fourth-order valence-corrected chi connectivity index (χ4v) is 4.55. The number of carbonyl (C=O) groups is 1. The molecular weight excluding hydrogens is 576 g/mol. The van der Waals surface area contributed by atoms with Crippen LogP contribution < -0.4 is 0 Å². The van der Waals surface area contributed by atoms with Crippen molar-refractivity contribution in [3.63, 3.8) is 0 Å². The highest BCUT2D eigenvalue weighted by atomic mass is 16.8. The molecule has 0 amide bonds. The van der Waals surface area contributed by atoms with Gasteiger partial charge in [-0.15, -0.1) is 0 Å². The summed E-state index contributed by atoms with van der Waals surface area (Å²) in [5, 5.41) is 89.3. The third-order valence-electron chi connectivity index (χ3n) is 6.89. The van der Waals surface area contributed by atoms with Gasteiger partial charge in [0.2, 0.25) is 0 Å². The van der Waals surface area contributed by atoms with E-state index in [1.807, 2.05) is 0 Å². The molecule has 9 N–H and O–H groups in total. The van der Waals surface area contributed by atoms with E-state index < -0.39 is 73.8 Å². The zero-order chi connectivity index (χ0) is 31.3. The van der Waals surface area contributed by atoms with Gasteiger partial charge in [-0.1, -0.05) is 12.1 Å². The summed E-state index contributed by atoms with van der Waals surface area (Å²) in [6.07, 6.45) is -11.4. The number of hydrogen-bond donors (Lipinski definition) is 9. The molecule has 2 aliphatic heterocycles. The minimum Gasteiger partial charge on any atom is -0.504 e. The fourth-order valence-electron chi connectivity index (χ4n) is 4.55. The Balaban J connectivity index is 1.48. The summed E-state index contributed by atoms with van der Waals surface area (Å²) in [6.45, 7) is -0.783. The summed E-state index contributed by atoms with van der Waals surface area (Å²) in [5.74, 6) is -2.37. The number of benzene rings is 2. The average molecular weight is 611 g/mol. The van der Waals surface area contributed by atoms with E-state index in [1.165, 1.54) is 36.4 Å². The summed E-state index contributed by atoms with van der Waals surface area (Å²) >= 11 is 0. The van der Waals surface area contributed by atoms with E-state index in [-0.39, 0.29) is 36.7 Å². The van der Waals surface area contributed by atoms with E-state index >= 15 is 0 Å². The van der Waals surface area contributed by atoms with Crippen LogP contribution in [0.2, 0.25) is 0 Å². The second-order valence-corrected chi connectivity index (χ2v) is 9.99. The van der Waals surface area contributed by atoms with E-state index in [1.54, 1.807) is 6.07 Å². The van der Waals surface area contributed by atoms with Crippen LogP contribution >= 0.6 is 0 Å². The molecule has 0 saturated carbocycles. The van der Waals surface area contributed by atoms with E-state index in [0.717, 1.165) is 6.08 Å². The number of aliphatic hydroxyl groups excluding tert-OH is 5. The topological polar surface area (TPSA) is 245 Å². The van der Waals surface area contributed by atoms with Gasteiger partial charge < -0.3 is 69.6 Å². The molecule has 2 heterocycles. The molecule has 2 aromatic carbocycles. The predicted molar refractivity (Wildman–Crippen MR) is 142 cm³/mol. The Kier molecular flexibility index (Phi) is 10.8. The third-order valence-corrected chi connectivity index (χ3v) is 6.89. The molecule has 2 aliphatic rings. The number of carbonyl (C=O) groups excluding carboxylic acids is 1.